The normalized spacial score (nSPS) is 10.8. The van der Waals surface area contributed by atoms with Crippen molar-refractivity contribution >= 4 is 23.1 Å². The monoisotopic (exact) mass is 393 g/mol. The highest BCUT2D eigenvalue weighted by Gasteiger charge is 2.17. The minimum absolute atomic E-state index is 0.407. The van der Waals surface area contributed by atoms with Crippen molar-refractivity contribution in [1.82, 2.24) is 10.2 Å². The quantitative estimate of drug-likeness (QED) is 0.443. The zero-order chi connectivity index (χ0) is 19.5. The highest BCUT2D eigenvalue weighted by atomic mass is 35.5. The van der Waals surface area contributed by atoms with E-state index in [1.807, 2.05) is 65.6 Å². The van der Waals surface area contributed by atoms with Gasteiger partial charge < -0.3 is 10.0 Å². The molecule has 0 saturated carbocycles. The van der Waals surface area contributed by atoms with Crippen LogP contribution in [0.2, 0.25) is 5.02 Å². The van der Waals surface area contributed by atoms with E-state index in [1.165, 1.54) is 12.1 Å². The molecule has 28 heavy (non-hydrogen) atoms. The molecule has 0 spiro atoms. The molecule has 1 aromatic heterocycles. The van der Waals surface area contributed by atoms with E-state index in [9.17, 15) is 9.50 Å². The molecule has 0 aliphatic rings. The van der Waals surface area contributed by atoms with Gasteiger partial charge in [-0.2, -0.15) is 5.10 Å². The molecule has 4 nitrogen and oxygen atoms in total. The number of phenolic OH excluding ortho intramolecular Hbond substituents is 1. The molecule has 0 radical (unpaired) electrons. The van der Waals surface area contributed by atoms with E-state index in [1.54, 1.807) is 6.07 Å². The van der Waals surface area contributed by atoms with Gasteiger partial charge in [0.25, 0.3) is 0 Å². The smallest absolute Gasteiger partial charge is 0.164 e. The molecular weight excluding hydrogens is 377 g/mol. The van der Waals surface area contributed by atoms with Gasteiger partial charge in [-0.15, -0.1) is 0 Å². The van der Waals surface area contributed by atoms with Crippen molar-refractivity contribution in [2.45, 2.75) is 6.54 Å². The lowest BCUT2D eigenvalue weighted by Gasteiger charge is -2.23. The van der Waals surface area contributed by atoms with Gasteiger partial charge in [0.2, 0.25) is 0 Å². The molecule has 0 amide bonds. The van der Waals surface area contributed by atoms with Gasteiger partial charge in [-0.3, -0.25) is 5.10 Å². The Bertz CT molecular complexity index is 1100. The molecule has 3 aromatic carbocycles. The number of anilines is 2. The van der Waals surface area contributed by atoms with Crippen molar-refractivity contribution in [2.75, 3.05) is 4.90 Å². The number of hydrogen-bond donors (Lipinski definition) is 2. The third-order valence-corrected chi connectivity index (χ3v) is 4.82. The Morgan fingerprint density at radius 2 is 1.71 bits per heavy atom. The first-order valence-electron chi connectivity index (χ1n) is 8.72. The topological polar surface area (TPSA) is 52.1 Å². The maximum Gasteiger partial charge on any atom is 0.164 e. The summed E-state index contributed by atoms with van der Waals surface area (Å²) in [5, 5.41) is 17.9. The lowest BCUT2D eigenvalue weighted by molar-refractivity contribution is 0.432. The summed E-state index contributed by atoms with van der Waals surface area (Å²) >= 11 is 6.34. The number of aromatic hydroxyl groups is 1. The summed E-state index contributed by atoms with van der Waals surface area (Å²) in [6.07, 6.45) is 0. The lowest BCUT2D eigenvalue weighted by Crippen LogP contribution is -2.17. The van der Waals surface area contributed by atoms with E-state index in [0.717, 1.165) is 16.8 Å². The zero-order valence-electron chi connectivity index (χ0n) is 14.8. The van der Waals surface area contributed by atoms with Crippen LogP contribution < -0.4 is 4.90 Å². The summed E-state index contributed by atoms with van der Waals surface area (Å²) in [6.45, 7) is 0.407. The van der Waals surface area contributed by atoms with Crippen molar-refractivity contribution in [3.8, 4) is 17.0 Å². The van der Waals surface area contributed by atoms with Crippen LogP contribution in [0, 0.1) is 5.82 Å². The number of aromatic amines is 1. The van der Waals surface area contributed by atoms with E-state index < -0.39 is 11.6 Å². The number of halogens is 2. The Morgan fingerprint density at radius 1 is 0.964 bits per heavy atom. The average Bonchev–Trinajstić information content (AvgIpc) is 3.20. The number of aromatic nitrogens is 2. The van der Waals surface area contributed by atoms with Gasteiger partial charge in [0.1, 0.15) is 0 Å². The number of benzene rings is 3. The van der Waals surface area contributed by atoms with Crippen molar-refractivity contribution in [3.63, 3.8) is 0 Å². The summed E-state index contributed by atoms with van der Waals surface area (Å²) in [5.74, 6) is -0.460. The third-order valence-electron chi connectivity index (χ3n) is 4.45. The Kier molecular flexibility index (Phi) is 5.00. The van der Waals surface area contributed by atoms with E-state index in [2.05, 4.69) is 10.2 Å². The van der Waals surface area contributed by atoms with Crippen LogP contribution in [-0.2, 0) is 6.54 Å². The molecule has 1 heterocycles. The SMILES string of the molecule is Oc1cc(N(Cc2ccccc2Cl)c2cc(-c3ccccc3)[nH]n2)ccc1F. The standard InChI is InChI=1S/C22H17ClFN3O/c23-18-9-5-4-8-16(18)14-27(17-10-11-19(24)21(28)12-17)22-13-20(25-26-22)15-6-2-1-3-7-15/h1-13,28H,14H2,(H,25,26). The number of rotatable bonds is 5. The fraction of sp³-hybridized carbons (Fsp3) is 0.0455. The average molecular weight is 394 g/mol. The van der Waals surface area contributed by atoms with Gasteiger partial charge in [-0.05, 0) is 29.3 Å². The van der Waals surface area contributed by atoms with Gasteiger partial charge in [-0.1, -0.05) is 60.1 Å². The molecule has 0 unspecified atom stereocenters. The Labute approximate surface area is 166 Å². The minimum atomic E-state index is -0.673. The number of phenols is 1. The first-order valence-corrected chi connectivity index (χ1v) is 9.10. The first-order chi connectivity index (χ1) is 13.6. The minimum Gasteiger partial charge on any atom is -0.505 e. The summed E-state index contributed by atoms with van der Waals surface area (Å²) in [5.41, 5.74) is 3.34. The predicted octanol–water partition coefficient (Wildman–Crippen LogP) is 5.91. The van der Waals surface area contributed by atoms with Crippen LogP contribution in [0.15, 0.2) is 78.9 Å². The van der Waals surface area contributed by atoms with E-state index in [0.29, 0.717) is 23.1 Å². The molecular formula is C22H17ClFN3O. The predicted molar refractivity (Wildman–Crippen MR) is 109 cm³/mol. The third kappa shape index (κ3) is 3.70. The van der Waals surface area contributed by atoms with Crippen molar-refractivity contribution in [3.05, 3.63) is 95.3 Å². The van der Waals surface area contributed by atoms with Crippen molar-refractivity contribution in [2.24, 2.45) is 0 Å². The number of nitrogens with one attached hydrogen (secondary N) is 1. The highest BCUT2D eigenvalue weighted by molar-refractivity contribution is 6.31. The summed E-state index contributed by atoms with van der Waals surface area (Å²) < 4.78 is 13.6. The van der Waals surface area contributed by atoms with E-state index in [-0.39, 0.29) is 0 Å². The largest absolute Gasteiger partial charge is 0.505 e. The van der Waals surface area contributed by atoms with E-state index >= 15 is 0 Å². The van der Waals surface area contributed by atoms with Crippen LogP contribution in [0.5, 0.6) is 5.75 Å². The molecule has 0 atom stereocenters. The summed E-state index contributed by atoms with van der Waals surface area (Å²) in [7, 11) is 0. The molecule has 0 aliphatic carbocycles. The molecule has 0 fully saturated rings. The first kappa shape index (κ1) is 18.1. The second kappa shape index (κ2) is 7.74. The van der Waals surface area contributed by atoms with Gasteiger partial charge in [0.15, 0.2) is 17.4 Å². The Balaban J connectivity index is 1.75. The molecule has 140 valence electrons. The molecule has 4 aromatic rings. The fourth-order valence-electron chi connectivity index (χ4n) is 2.99. The Hall–Kier alpha value is -3.31. The Morgan fingerprint density at radius 3 is 2.46 bits per heavy atom. The number of H-pyrrole nitrogens is 1. The molecule has 0 aliphatic heterocycles. The van der Waals surface area contributed by atoms with Gasteiger partial charge in [0, 0.05) is 22.8 Å². The van der Waals surface area contributed by atoms with Crippen molar-refractivity contribution < 1.29 is 9.50 Å². The molecule has 6 heteroatoms. The molecule has 0 bridgehead atoms. The molecule has 2 N–H and O–H groups in total. The lowest BCUT2D eigenvalue weighted by atomic mass is 10.1. The van der Waals surface area contributed by atoms with Crippen LogP contribution in [0.25, 0.3) is 11.3 Å². The van der Waals surface area contributed by atoms with Gasteiger partial charge in [0.05, 0.1) is 12.2 Å². The van der Waals surface area contributed by atoms with Crippen LogP contribution in [-0.4, -0.2) is 15.3 Å². The zero-order valence-corrected chi connectivity index (χ0v) is 15.6. The second-order valence-corrected chi connectivity index (χ2v) is 6.73. The van der Waals surface area contributed by atoms with E-state index in [4.69, 9.17) is 11.6 Å². The van der Waals surface area contributed by atoms with Crippen LogP contribution in [0.1, 0.15) is 5.56 Å². The maximum atomic E-state index is 13.6. The summed E-state index contributed by atoms with van der Waals surface area (Å²) in [4.78, 5) is 1.86. The van der Waals surface area contributed by atoms with Crippen molar-refractivity contribution in [1.29, 1.82) is 0 Å². The van der Waals surface area contributed by atoms with Gasteiger partial charge in [-0.25, -0.2) is 4.39 Å². The van der Waals surface area contributed by atoms with Crippen LogP contribution in [0.3, 0.4) is 0 Å². The number of nitrogens with zero attached hydrogens (tertiary/aromatic N) is 2. The van der Waals surface area contributed by atoms with Gasteiger partial charge >= 0.3 is 0 Å². The number of hydrogen-bond acceptors (Lipinski definition) is 3. The van der Waals surface area contributed by atoms with Crippen LogP contribution in [0.4, 0.5) is 15.9 Å². The second-order valence-electron chi connectivity index (χ2n) is 6.32. The fourth-order valence-corrected chi connectivity index (χ4v) is 3.18. The highest BCUT2D eigenvalue weighted by Crippen LogP contribution is 2.33. The molecule has 0 saturated heterocycles. The summed E-state index contributed by atoms with van der Waals surface area (Å²) in [6, 6.07) is 23.5. The van der Waals surface area contributed by atoms with Crippen LogP contribution >= 0.6 is 11.6 Å². The molecule has 4 rings (SSSR count). The maximum absolute atomic E-state index is 13.6.